The molecule has 1 aromatic heterocycles. The fraction of sp³-hybridized carbons (Fsp3) is 0.100. The summed E-state index contributed by atoms with van der Waals surface area (Å²) in [5.41, 5.74) is 3.88. The molecule has 0 unspecified atom stereocenters. The summed E-state index contributed by atoms with van der Waals surface area (Å²) in [6.07, 6.45) is 6.15. The molecule has 0 fully saturated rings. The molecule has 0 radical (unpaired) electrons. The zero-order valence-electron chi connectivity index (χ0n) is 12.4. The molecule has 0 amide bonds. The third-order valence-electron chi connectivity index (χ3n) is 3.70. The predicted molar refractivity (Wildman–Crippen MR) is 96.0 cm³/mol. The van der Waals surface area contributed by atoms with E-state index in [-0.39, 0.29) is 0 Å². The lowest BCUT2D eigenvalue weighted by molar-refractivity contribution is 1.47. The Balaban J connectivity index is 2.38. The summed E-state index contributed by atoms with van der Waals surface area (Å²) < 4.78 is 2.63. The highest BCUT2D eigenvalue weighted by Gasteiger charge is 2.07. The van der Waals surface area contributed by atoms with Gasteiger partial charge < -0.3 is 0 Å². The quantitative estimate of drug-likeness (QED) is 0.645. The molecular formula is C20H18S. The number of aryl methyl sites for hydroxylation is 1. The van der Waals surface area contributed by atoms with E-state index in [1.165, 1.54) is 36.5 Å². The Labute approximate surface area is 129 Å². The van der Waals surface area contributed by atoms with Crippen molar-refractivity contribution in [3.8, 4) is 11.1 Å². The molecule has 0 saturated heterocycles. The van der Waals surface area contributed by atoms with Crippen molar-refractivity contribution in [1.82, 2.24) is 0 Å². The van der Waals surface area contributed by atoms with Crippen LogP contribution in [0.25, 0.3) is 33.4 Å². The Kier molecular flexibility index (Phi) is 3.76. The number of hydrogen-bond acceptors (Lipinski definition) is 1. The molecule has 0 aliphatic carbocycles. The van der Waals surface area contributed by atoms with Gasteiger partial charge in [-0.3, -0.25) is 0 Å². The first-order valence-corrected chi connectivity index (χ1v) is 7.94. The average Bonchev–Trinajstić information content (AvgIpc) is 2.85. The maximum absolute atomic E-state index is 3.83. The largest absolute Gasteiger partial charge is 0.135 e. The lowest BCUT2D eigenvalue weighted by atomic mass is 10.0. The van der Waals surface area contributed by atoms with Gasteiger partial charge in [0.2, 0.25) is 0 Å². The van der Waals surface area contributed by atoms with E-state index in [2.05, 4.69) is 75.0 Å². The van der Waals surface area contributed by atoms with E-state index in [1.807, 2.05) is 17.4 Å². The van der Waals surface area contributed by atoms with Gasteiger partial charge in [0.1, 0.15) is 0 Å². The number of fused-ring (bicyclic) bond motifs is 1. The van der Waals surface area contributed by atoms with Crippen LogP contribution in [0.1, 0.15) is 12.5 Å². The molecule has 0 N–H and O–H groups in total. The molecular weight excluding hydrogens is 272 g/mol. The molecule has 3 aromatic rings. The minimum absolute atomic E-state index is 1.28. The SMILES string of the molecule is C=C/C=c1/sc2c(-c3ccc(C)cc3)cccc2/c1=C/C. The number of thiophene rings is 1. The maximum Gasteiger partial charge on any atom is 0.0433 e. The predicted octanol–water partition coefficient (Wildman–Crippen LogP) is 4.64. The minimum atomic E-state index is 1.28. The second-order valence-electron chi connectivity index (χ2n) is 5.12. The maximum atomic E-state index is 3.83. The lowest BCUT2D eigenvalue weighted by Crippen LogP contribution is -2.17. The van der Waals surface area contributed by atoms with Crippen molar-refractivity contribution in [2.75, 3.05) is 0 Å². The van der Waals surface area contributed by atoms with Crippen LogP contribution in [0.2, 0.25) is 0 Å². The van der Waals surface area contributed by atoms with Crippen LogP contribution in [0.3, 0.4) is 0 Å². The summed E-state index contributed by atoms with van der Waals surface area (Å²) in [5, 5.41) is 2.64. The van der Waals surface area contributed by atoms with Crippen LogP contribution in [0.4, 0.5) is 0 Å². The van der Waals surface area contributed by atoms with E-state index in [0.717, 1.165) is 0 Å². The summed E-state index contributed by atoms with van der Waals surface area (Å²) in [4.78, 5) is 0. The molecule has 0 aliphatic rings. The lowest BCUT2D eigenvalue weighted by Gasteiger charge is -2.04. The van der Waals surface area contributed by atoms with Gasteiger partial charge in [0.25, 0.3) is 0 Å². The number of benzene rings is 2. The third-order valence-corrected chi connectivity index (χ3v) is 4.92. The van der Waals surface area contributed by atoms with Gasteiger partial charge in [-0.2, -0.15) is 0 Å². The Morgan fingerprint density at radius 3 is 2.48 bits per heavy atom. The minimum Gasteiger partial charge on any atom is -0.135 e. The smallest absolute Gasteiger partial charge is 0.0433 e. The van der Waals surface area contributed by atoms with Crippen molar-refractivity contribution in [3.05, 3.63) is 70.4 Å². The number of hydrogen-bond donors (Lipinski definition) is 0. The molecule has 0 nitrogen and oxygen atoms in total. The monoisotopic (exact) mass is 290 g/mol. The standard InChI is InChI=1S/C20H18S/c1-4-7-19-16(5-2)18-9-6-8-17(20(18)21-19)15-12-10-14(3)11-13-15/h4-13H,1H2,2-3H3/b16-5-,19-7+. The van der Waals surface area contributed by atoms with Gasteiger partial charge in [-0.25, -0.2) is 0 Å². The van der Waals surface area contributed by atoms with Crippen LogP contribution >= 0.6 is 11.3 Å². The van der Waals surface area contributed by atoms with E-state index in [4.69, 9.17) is 0 Å². The van der Waals surface area contributed by atoms with Crippen molar-refractivity contribution in [1.29, 1.82) is 0 Å². The second-order valence-corrected chi connectivity index (χ2v) is 6.17. The second kappa shape index (κ2) is 5.71. The molecule has 0 aliphatic heterocycles. The molecule has 1 heteroatoms. The van der Waals surface area contributed by atoms with Crippen LogP contribution in [0.15, 0.2) is 55.1 Å². The molecule has 3 rings (SSSR count). The van der Waals surface area contributed by atoms with Crippen LogP contribution in [0, 0.1) is 6.92 Å². The summed E-state index contributed by atoms with van der Waals surface area (Å²) in [6.45, 7) is 8.05. The van der Waals surface area contributed by atoms with E-state index in [1.54, 1.807) is 0 Å². The van der Waals surface area contributed by atoms with Crippen molar-refractivity contribution in [2.24, 2.45) is 0 Å². The Bertz CT molecular complexity index is 909. The van der Waals surface area contributed by atoms with Gasteiger partial charge in [0, 0.05) is 14.6 Å². The Morgan fingerprint density at radius 2 is 1.81 bits per heavy atom. The normalized spacial score (nSPS) is 13.0. The topological polar surface area (TPSA) is 0 Å². The third kappa shape index (κ3) is 2.45. The van der Waals surface area contributed by atoms with Crippen LogP contribution in [-0.2, 0) is 0 Å². The molecule has 2 aromatic carbocycles. The van der Waals surface area contributed by atoms with E-state index in [9.17, 15) is 0 Å². The van der Waals surface area contributed by atoms with Gasteiger partial charge in [-0.05, 0) is 36.3 Å². The fourth-order valence-corrected chi connectivity index (χ4v) is 3.95. The molecule has 0 saturated carbocycles. The summed E-state index contributed by atoms with van der Waals surface area (Å²) in [6, 6.07) is 15.3. The van der Waals surface area contributed by atoms with E-state index < -0.39 is 0 Å². The van der Waals surface area contributed by atoms with Crippen molar-refractivity contribution in [3.63, 3.8) is 0 Å². The Hall–Kier alpha value is -2.12. The number of rotatable bonds is 2. The highest BCUT2D eigenvalue weighted by Crippen LogP contribution is 2.29. The summed E-state index contributed by atoms with van der Waals surface area (Å²) in [5.74, 6) is 0. The molecule has 0 atom stereocenters. The van der Waals surface area contributed by atoms with E-state index in [0.29, 0.717) is 0 Å². The van der Waals surface area contributed by atoms with Gasteiger partial charge in [0.15, 0.2) is 0 Å². The van der Waals surface area contributed by atoms with Crippen LogP contribution < -0.4 is 9.75 Å². The highest BCUT2D eigenvalue weighted by atomic mass is 32.1. The average molecular weight is 290 g/mol. The zero-order valence-corrected chi connectivity index (χ0v) is 13.2. The van der Waals surface area contributed by atoms with Gasteiger partial charge in [0.05, 0.1) is 0 Å². The first kappa shape index (κ1) is 13.8. The fourth-order valence-electron chi connectivity index (χ4n) is 2.65. The highest BCUT2D eigenvalue weighted by molar-refractivity contribution is 7.17. The van der Waals surface area contributed by atoms with Crippen LogP contribution in [-0.4, -0.2) is 0 Å². The van der Waals surface area contributed by atoms with Crippen LogP contribution in [0.5, 0.6) is 0 Å². The number of allylic oxidation sites excluding steroid dienone is 1. The molecule has 104 valence electrons. The van der Waals surface area contributed by atoms with Gasteiger partial charge in [-0.15, -0.1) is 11.3 Å². The van der Waals surface area contributed by atoms with Crippen molar-refractivity contribution < 1.29 is 0 Å². The van der Waals surface area contributed by atoms with Gasteiger partial charge in [-0.1, -0.05) is 66.8 Å². The molecule has 0 spiro atoms. The first-order chi connectivity index (χ1) is 10.2. The van der Waals surface area contributed by atoms with Crippen molar-refractivity contribution >= 4 is 33.6 Å². The van der Waals surface area contributed by atoms with E-state index >= 15 is 0 Å². The Morgan fingerprint density at radius 1 is 1.05 bits per heavy atom. The molecule has 0 bridgehead atoms. The molecule has 21 heavy (non-hydrogen) atoms. The van der Waals surface area contributed by atoms with Gasteiger partial charge >= 0.3 is 0 Å². The first-order valence-electron chi connectivity index (χ1n) is 7.12. The van der Waals surface area contributed by atoms with Crippen molar-refractivity contribution in [2.45, 2.75) is 13.8 Å². The summed E-state index contributed by atoms with van der Waals surface area (Å²) >= 11 is 1.84. The molecule has 1 heterocycles. The summed E-state index contributed by atoms with van der Waals surface area (Å²) in [7, 11) is 0. The zero-order chi connectivity index (χ0) is 14.8.